The summed E-state index contributed by atoms with van der Waals surface area (Å²) < 4.78 is 37.3. The summed E-state index contributed by atoms with van der Waals surface area (Å²) in [5.74, 6) is 0.206. The average Bonchev–Trinajstić information content (AvgIpc) is 3.33. The van der Waals surface area contributed by atoms with E-state index in [9.17, 15) is 17.6 Å². The molecule has 154 valence electrons. The third kappa shape index (κ3) is 4.76. The second-order valence-electron chi connectivity index (χ2n) is 7.43. The maximum Gasteiger partial charge on any atom is 0.246 e. The van der Waals surface area contributed by atoms with Gasteiger partial charge in [-0.3, -0.25) is 9.69 Å². The van der Waals surface area contributed by atoms with Gasteiger partial charge in [0.05, 0.1) is 11.5 Å². The zero-order valence-electron chi connectivity index (χ0n) is 16.0. The SMILES string of the molecule is O=C(/C=C/c1ccc(-c2ccccc2F)s1)N1CCN(C2CCS(=O)(=O)C2)CC1. The highest BCUT2D eigenvalue weighted by Crippen LogP contribution is 2.30. The molecule has 0 bridgehead atoms. The van der Waals surface area contributed by atoms with Crippen LogP contribution in [0.4, 0.5) is 4.39 Å². The van der Waals surface area contributed by atoms with Crippen molar-refractivity contribution in [3.8, 4) is 10.4 Å². The van der Waals surface area contributed by atoms with Gasteiger partial charge in [-0.05, 0) is 30.7 Å². The molecule has 1 atom stereocenters. The molecule has 4 rings (SSSR count). The van der Waals surface area contributed by atoms with Gasteiger partial charge in [0.25, 0.3) is 0 Å². The minimum atomic E-state index is -2.89. The molecule has 1 unspecified atom stereocenters. The summed E-state index contributed by atoms with van der Waals surface area (Å²) in [5, 5.41) is 0. The summed E-state index contributed by atoms with van der Waals surface area (Å²) >= 11 is 1.44. The van der Waals surface area contributed by atoms with Crippen molar-refractivity contribution in [3.63, 3.8) is 0 Å². The normalized spacial score (nSPS) is 22.4. The fourth-order valence-corrected chi connectivity index (χ4v) is 6.58. The van der Waals surface area contributed by atoms with Crippen LogP contribution in [0.5, 0.6) is 0 Å². The van der Waals surface area contributed by atoms with Crippen LogP contribution in [0.25, 0.3) is 16.5 Å². The van der Waals surface area contributed by atoms with Crippen LogP contribution in [-0.4, -0.2) is 67.9 Å². The van der Waals surface area contributed by atoms with Gasteiger partial charge >= 0.3 is 0 Å². The molecule has 0 N–H and O–H groups in total. The maximum absolute atomic E-state index is 13.9. The molecular weight excluding hydrogens is 411 g/mol. The van der Waals surface area contributed by atoms with E-state index >= 15 is 0 Å². The van der Waals surface area contributed by atoms with Crippen LogP contribution >= 0.6 is 11.3 Å². The van der Waals surface area contributed by atoms with E-state index in [0.717, 1.165) is 9.75 Å². The molecule has 2 aliphatic rings. The van der Waals surface area contributed by atoms with E-state index in [1.165, 1.54) is 17.4 Å². The number of halogens is 1. The number of piperazine rings is 1. The quantitative estimate of drug-likeness (QED) is 0.695. The Balaban J connectivity index is 1.32. The highest BCUT2D eigenvalue weighted by Gasteiger charge is 2.34. The lowest BCUT2D eigenvalue weighted by Gasteiger charge is -2.37. The van der Waals surface area contributed by atoms with Gasteiger partial charge in [0, 0.05) is 53.6 Å². The molecule has 2 aliphatic heterocycles. The van der Waals surface area contributed by atoms with Crippen molar-refractivity contribution in [2.75, 3.05) is 37.7 Å². The van der Waals surface area contributed by atoms with Crippen molar-refractivity contribution in [3.05, 3.63) is 53.2 Å². The molecule has 0 aliphatic carbocycles. The molecule has 0 saturated carbocycles. The Morgan fingerprint density at radius 3 is 2.55 bits per heavy atom. The minimum Gasteiger partial charge on any atom is -0.337 e. The summed E-state index contributed by atoms with van der Waals surface area (Å²) in [6.07, 6.45) is 4.03. The Kier molecular flexibility index (Phi) is 5.85. The van der Waals surface area contributed by atoms with Crippen LogP contribution in [-0.2, 0) is 14.6 Å². The van der Waals surface area contributed by atoms with Crippen LogP contribution in [0.3, 0.4) is 0 Å². The first-order chi connectivity index (χ1) is 13.9. The third-order valence-electron chi connectivity index (χ3n) is 5.51. The van der Waals surface area contributed by atoms with Crippen LogP contribution in [0.15, 0.2) is 42.5 Å². The van der Waals surface area contributed by atoms with Crippen LogP contribution < -0.4 is 0 Å². The number of rotatable bonds is 4. The van der Waals surface area contributed by atoms with E-state index in [1.54, 1.807) is 35.3 Å². The first kappa shape index (κ1) is 20.3. The van der Waals surface area contributed by atoms with Crippen molar-refractivity contribution >= 4 is 33.2 Å². The number of hydrogen-bond donors (Lipinski definition) is 0. The number of nitrogens with zero attached hydrogens (tertiary/aromatic N) is 2. The zero-order chi connectivity index (χ0) is 20.4. The van der Waals surface area contributed by atoms with Gasteiger partial charge in [-0.1, -0.05) is 18.2 Å². The standard InChI is InChI=1S/C21H23FN2O3S2/c22-19-4-2-1-3-18(19)20-7-5-17(28-20)6-8-21(25)24-12-10-23(11-13-24)16-9-14-29(26,27)15-16/h1-8,16H,9-15H2/b8-6+. The predicted molar refractivity (Wildman–Crippen MR) is 114 cm³/mol. The molecule has 2 aromatic rings. The van der Waals surface area contributed by atoms with Crippen molar-refractivity contribution in [1.82, 2.24) is 9.80 Å². The van der Waals surface area contributed by atoms with Crippen LogP contribution in [0, 0.1) is 5.82 Å². The first-order valence-electron chi connectivity index (χ1n) is 9.67. The van der Waals surface area contributed by atoms with Crippen molar-refractivity contribution in [1.29, 1.82) is 0 Å². The predicted octanol–water partition coefficient (Wildman–Crippen LogP) is 2.90. The zero-order valence-corrected chi connectivity index (χ0v) is 17.6. The van der Waals surface area contributed by atoms with Gasteiger partial charge in [0.2, 0.25) is 5.91 Å². The summed E-state index contributed by atoms with van der Waals surface area (Å²) in [7, 11) is -2.89. The van der Waals surface area contributed by atoms with Gasteiger partial charge in [0.1, 0.15) is 5.82 Å². The van der Waals surface area contributed by atoms with Crippen molar-refractivity contribution in [2.45, 2.75) is 12.5 Å². The molecule has 0 spiro atoms. The number of carbonyl (C=O) groups excluding carboxylic acids is 1. The largest absolute Gasteiger partial charge is 0.337 e. The lowest BCUT2D eigenvalue weighted by molar-refractivity contribution is -0.127. The maximum atomic E-state index is 13.9. The van der Waals surface area contributed by atoms with Crippen LogP contribution in [0.1, 0.15) is 11.3 Å². The summed E-state index contributed by atoms with van der Waals surface area (Å²) in [4.78, 5) is 18.2. The number of carbonyl (C=O) groups is 1. The molecule has 1 aromatic heterocycles. The van der Waals surface area contributed by atoms with E-state index in [0.29, 0.717) is 38.2 Å². The Labute approximate surface area is 174 Å². The second kappa shape index (κ2) is 8.38. The molecule has 1 amide bonds. The number of benzene rings is 1. The Morgan fingerprint density at radius 2 is 1.86 bits per heavy atom. The summed E-state index contributed by atoms with van der Waals surface area (Å²) in [5.41, 5.74) is 0.563. The molecule has 29 heavy (non-hydrogen) atoms. The molecule has 2 saturated heterocycles. The smallest absolute Gasteiger partial charge is 0.246 e. The average molecular weight is 435 g/mol. The molecular formula is C21H23FN2O3S2. The van der Waals surface area contributed by atoms with Crippen LogP contribution in [0.2, 0.25) is 0 Å². The highest BCUT2D eigenvalue weighted by molar-refractivity contribution is 7.91. The van der Waals surface area contributed by atoms with Gasteiger partial charge < -0.3 is 4.90 Å². The van der Waals surface area contributed by atoms with E-state index in [-0.39, 0.29) is 29.3 Å². The van der Waals surface area contributed by atoms with E-state index in [1.807, 2.05) is 12.1 Å². The summed E-state index contributed by atoms with van der Waals surface area (Å²) in [6, 6.07) is 10.5. The van der Waals surface area contributed by atoms with Gasteiger partial charge in [0.15, 0.2) is 9.84 Å². The highest BCUT2D eigenvalue weighted by atomic mass is 32.2. The molecule has 1 aromatic carbocycles. The molecule has 2 fully saturated rings. The fraction of sp³-hybridized carbons (Fsp3) is 0.381. The van der Waals surface area contributed by atoms with Gasteiger partial charge in [-0.25, -0.2) is 12.8 Å². The number of thiophene rings is 1. The van der Waals surface area contributed by atoms with E-state index in [2.05, 4.69) is 4.90 Å². The van der Waals surface area contributed by atoms with E-state index < -0.39 is 9.84 Å². The second-order valence-corrected chi connectivity index (χ2v) is 10.8. The third-order valence-corrected chi connectivity index (χ3v) is 8.34. The Morgan fingerprint density at radius 1 is 1.10 bits per heavy atom. The molecule has 0 radical (unpaired) electrons. The minimum absolute atomic E-state index is 0.0514. The number of sulfone groups is 1. The summed E-state index contributed by atoms with van der Waals surface area (Å²) in [6.45, 7) is 2.61. The Bertz CT molecular complexity index is 1020. The molecule has 8 heteroatoms. The Hall–Kier alpha value is -2.03. The van der Waals surface area contributed by atoms with Crippen molar-refractivity contribution in [2.24, 2.45) is 0 Å². The monoisotopic (exact) mass is 434 g/mol. The molecule has 5 nitrogen and oxygen atoms in total. The lowest BCUT2D eigenvalue weighted by atomic mass is 10.2. The molecule has 3 heterocycles. The van der Waals surface area contributed by atoms with Crippen molar-refractivity contribution < 1.29 is 17.6 Å². The lowest BCUT2D eigenvalue weighted by Crippen LogP contribution is -2.52. The van der Waals surface area contributed by atoms with Gasteiger partial charge in [-0.2, -0.15) is 0 Å². The topological polar surface area (TPSA) is 57.7 Å². The van der Waals surface area contributed by atoms with Gasteiger partial charge in [-0.15, -0.1) is 11.3 Å². The van der Waals surface area contributed by atoms with E-state index in [4.69, 9.17) is 0 Å². The fourth-order valence-electron chi connectivity index (χ4n) is 3.88. The number of hydrogen-bond acceptors (Lipinski definition) is 5. The number of amides is 1. The first-order valence-corrected chi connectivity index (χ1v) is 12.3.